The van der Waals surface area contributed by atoms with E-state index in [-0.39, 0.29) is 0 Å². The van der Waals surface area contributed by atoms with Crippen molar-refractivity contribution in [3.05, 3.63) is 0 Å². The SMILES string of the molecule is CCCCSc1nnc(S[C@@H](C)C(=O)NC(=O)OC)s1. The third-order valence-electron chi connectivity index (χ3n) is 2.17. The summed E-state index contributed by atoms with van der Waals surface area (Å²) in [5.74, 6) is 0.617. The molecule has 20 heavy (non-hydrogen) atoms. The van der Waals surface area contributed by atoms with Crippen molar-refractivity contribution < 1.29 is 14.3 Å². The fraction of sp³-hybridized carbons (Fsp3) is 0.636. The molecule has 1 aromatic heterocycles. The number of nitrogens with zero attached hydrogens (tertiary/aromatic N) is 2. The summed E-state index contributed by atoms with van der Waals surface area (Å²) in [6, 6.07) is 0. The first kappa shape index (κ1) is 17.3. The predicted molar refractivity (Wildman–Crippen MR) is 81.4 cm³/mol. The van der Waals surface area contributed by atoms with Crippen LogP contribution in [-0.4, -0.2) is 40.3 Å². The van der Waals surface area contributed by atoms with E-state index in [1.54, 1.807) is 18.7 Å². The lowest BCUT2D eigenvalue weighted by Crippen LogP contribution is -2.35. The topological polar surface area (TPSA) is 81.2 Å². The van der Waals surface area contributed by atoms with E-state index in [4.69, 9.17) is 0 Å². The molecule has 0 aliphatic carbocycles. The van der Waals surface area contributed by atoms with Gasteiger partial charge in [-0.05, 0) is 13.3 Å². The molecule has 6 nitrogen and oxygen atoms in total. The van der Waals surface area contributed by atoms with E-state index >= 15 is 0 Å². The van der Waals surface area contributed by atoms with E-state index in [9.17, 15) is 9.59 Å². The molecule has 0 saturated carbocycles. The average molecular weight is 335 g/mol. The molecule has 112 valence electrons. The van der Waals surface area contributed by atoms with Crippen molar-refractivity contribution in [3.8, 4) is 0 Å². The number of carbonyl (C=O) groups excluding carboxylic acids is 2. The van der Waals surface area contributed by atoms with Crippen molar-refractivity contribution >= 4 is 46.9 Å². The van der Waals surface area contributed by atoms with Gasteiger partial charge in [0.15, 0.2) is 8.68 Å². The molecule has 2 amide bonds. The normalized spacial score (nSPS) is 11.9. The van der Waals surface area contributed by atoms with Crippen molar-refractivity contribution in [3.63, 3.8) is 0 Å². The van der Waals surface area contributed by atoms with Crippen LogP contribution < -0.4 is 5.32 Å². The number of ether oxygens (including phenoxy) is 1. The third-order valence-corrected chi connectivity index (χ3v) is 5.50. The van der Waals surface area contributed by atoms with Gasteiger partial charge in [0.25, 0.3) is 0 Å². The van der Waals surface area contributed by atoms with Crippen molar-refractivity contribution in [2.24, 2.45) is 0 Å². The predicted octanol–water partition coefficient (Wildman–Crippen LogP) is 2.79. The molecule has 0 bridgehead atoms. The molecule has 9 heteroatoms. The van der Waals surface area contributed by atoms with Gasteiger partial charge in [0, 0.05) is 5.75 Å². The Labute approximate surface area is 130 Å². The zero-order chi connectivity index (χ0) is 15.0. The van der Waals surface area contributed by atoms with Gasteiger partial charge >= 0.3 is 6.09 Å². The highest BCUT2D eigenvalue weighted by molar-refractivity contribution is 8.03. The fourth-order valence-electron chi connectivity index (χ4n) is 1.06. The standard InChI is InChI=1S/C11H17N3O3S3/c1-4-5-6-18-10-13-14-11(20-10)19-7(2)8(15)12-9(16)17-3/h7H,4-6H2,1-3H3,(H,12,15,16)/t7-/m0/s1. The molecule has 0 saturated heterocycles. The van der Waals surface area contributed by atoms with Crippen molar-refractivity contribution in [2.75, 3.05) is 12.9 Å². The van der Waals surface area contributed by atoms with Gasteiger partial charge in [-0.3, -0.25) is 10.1 Å². The van der Waals surface area contributed by atoms with E-state index in [1.165, 1.54) is 30.2 Å². The van der Waals surface area contributed by atoms with Crippen LogP contribution in [0.1, 0.15) is 26.7 Å². The second-order valence-electron chi connectivity index (χ2n) is 3.78. The van der Waals surface area contributed by atoms with E-state index in [1.807, 2.05) is 0 Å². The fourth-order valence-corrected chi connectivity index (χ4v) is 4.38. The lowest BCUT2D eigenvalue weighted by atomic mass is 10.4. The number of methoxy groups -OCH3 is 1. The van der Waals surface area contributed by atoms with Crippen LogP contribution in [0.2, 0.25) is 0 Å². The number of amides is 2. The maximum absolute atomic E-state index is 11.7. The second-order valence-corrected chi connectivity index (χ2v) is 7.68. The third kappa shape index (κ3) is 6.10. The van der Waals surface area contributed by atoms with Crippen LogP contribution in [0, 0.1) is 0 Å². The van der Waals surface area contributed by atoms with Crippen LogP contribution in [0.25, 0.3) is 0 Å². The molecule has 0 aliphatic heterocycles. The van der Waals surface area contributed by atoms with Crippen molar-refractivity contribution in [1.82, 2.24) is 15.5 Å². The molecule has 0 unspecified atom stereocenters. The van der Waals surface area contributed by atoms with Gasteiger partial charge in [-0.2, -0.15) is 0 Å². The maximum Gasteiger partial charge on any atom is 0.413 e. The Hall–Kier alpha value is -0.800. The number of imide groups is 1. The molecule has 0 aliphatic rings. The number of hydrogen-bond donors (Lipinski definition) is 1. The lowest BCUT2D eigenvalue weighted by Gasteiger charge is -2.07. The van der Waals surface area contributed by atoms with Gasteiger partial charge in [0.05, 0.1) is 12.4 Å². The Morgan fingerprint density at radius 2 is 2.10 bits per heavy atom. The number of thioether (sulfide) groups is 2. The molecule has 0 fully saturated rings. The Morgan fingerprint density at radius 1 is 1.40 bits per heavy atom. The summed E-state index contributed by atoms with van der Waals surface area (Å²) in [5, 5.41) is 9.79. The van der Waals surface area contributed by atoms with Gasteiger partial charge in [0.1, 0.15) is 0 Å². The summed E-state index contributed by atoms with van der Waals surface area (Å²) in [5.41, 5.74) is 0. The summed E-state index contributed by atoms with van der Waals surface area (Å²) >= 11 is 4.41. The first-order chi connectivity index (χ1) is 9.56. The minimum atomic E-state index is -0.754. The number of aromatic nitrogens is 2. The summed E-state index contributed by atoms with van der Waals surface area (Å²) in [4.78, 5) is 22.6. The summed E-state index contributed by atoms with van der Waals surface area (Å²) in [6.45, 7) is 3.85. The highest BCUT2D eigenvalue weighted by Crippen LogP contribution is 2.31. The molecule has 1 atom stereocenters. The Kier molecular flexibility index (Phi) is 7.93. The van der Waals surface area contributed by atoms with Gasteiger partial charge < -0.3 is 4.74 Å². The summed E-state index contributed by atoms with van der Waals surface area (Å²) in [6.07, 6.45) is 1.54. The molecule has 0 spiro atoms. The lowest BCUT2D eigenvalue weighted by molar-refractivity contribution is -0.119. The van der Waals surface area contributed by atoms with Crippen molar-refractivity contribution in [1.29, 1.82) is 0 Å². The Bertz CT molecular complexity index is 453. The smallest absolute Gasteiger partial charge is 0.413 e. The molecule has 1 N–H and O–H groups in total. The molecule has 1 rings (SSSR count). The first-order valence-corrected chi connectivity index (χ1v) is 8.76. The monoisotopic (exact) mass is 335 g/mol. The summed E-state index contributed by atoms with van der Waals surface area (Å²) < 4.78 is 5.99. The number of rotatable bonds is 7. The largest absolute Gasteiger partial charge is 0.453 e. The van der Waals surface area contributed by atoms with Crippen LogP contribution in [-0.2, 0) is 9.53 Å². The van der Waals surface area contributed by atoms with E-state index in [0.29, 0.717) is 0 Å². The average Bonchev–Trinajstić information content (AvgIpc) is 2.86. The summed E-state index contributed by atoms with van der Waals surface area (Å²) in [7, 11) is 1.21. The molecular weight excluding hydrogens is 318 g/mol. The molecule has 1 aromatic rings. The van der Waals surface area contributed by atoms with E-state index in [0.717, 1.165) is 27.3 Å². The number of alkyl carbamates (subject to hydrolysis) is 1. The van der Waals surface area contributed by atoms with Crippen LogP contribution >= 0.6 is 34.9 Å². The molecule has 0 aromatic carbocycles. The zero-order valence-electron chi connectivity index (χ0n) is 11.5. The highest BCUT2D eigenvalue weighted by atomic mass is 32.2. The highest BCUT2D eigenvalue weighted by Gasteiger charge is 2.19. The van der Waals surface area contributed by atoms with E-state index < -0.39 is 17.3 Å². The second kappa shape index (κ2) is 9.19. The molecular formula is C11H17N3O3S3. The minimum absolute atomic E-state index is 0.405. The van der Waals surface area contributed by atoms with E-state index in [2.05, 4.69) is 27.2 Å². The quantitative estimate of drug-likeness (QED) is 0.606. The number of nitrogens with one attached hydrogen (secondary N) is 1. The van der Waals surface area contributed by atoms with Crippen molar-refractivity contribution in [2.45, 2.75) is 40.6 Å². The maximum atomic E-state index is 11.7. The Balaban J connectivity index is 2.43. The van der Waals surface area contributed by atoms with Crippen LogP contribution in [0.4, 0.5) is 4.79 Å². The molecule has 0 radical (unpaired) electrons. The Morgan fingerprint density at radius 3 is 2.75 bits per heavy atom. The van der Waals surface area contributed by atoms with Crippen LogP contribution in [0.3, 0.4) is 0 Å². The number of hydrogen-bond acceptors (Lipinski definition) is 8. The number of unbranched alkanes of at least 4 members (excludes halogenated alkanes) is 1. The van der Waals surface area contributed by atoms with Gasteiger partial charge in [0.2, 0.25) is 5.91 Å². The van der Waals surface area contributed by atoms with Crippen LogP contribution in [0.5, 0.6) is 0 Å². The first-order valence-electron chi connectivity index (χ1n) is 6.08. The van der Waals surface area contributed by atoms with Gasteiger partial charge in [-0.25, -0.2) is 4.79 Å². The van der Waals surface area contributed by atoms with Gasteiger partial charge in [-0.15, -0.1) is 10.2 Å². The minimum Gasteiger partial charge on any atom is -0.453 e. The zero-order valence-corrected chi connectivity index (χ0v) is 14.0. The molecule has 1 heterocycles. The van der Waals surface area contributed by atoms with Gasteiger partial charge in [-0.1, -0.05) is 48.2 Å². The van der Waals surface area contributed by atoms with Crippen LogP contribution in [0.15, 0.2) is 8.68 Å². The number of carbonyl (C=O) groups is 2.